The summed E-state index contributed by atoms with van der Waals surface area (Å²) in [6, 6.07) is 64.2. The van der Waals surface area contributed by atoms with E-state index in [-0.39, 0.29) is 97.3 Å². The van der Waals surface area contributed by atoms with Crippen LogP contribution in [0.5, 0.6) is 0 Å². The van der Waals surface area contributed by atoms with Gasteiger partial charge in [0, 0.05) is 114 Å². The number of nitrogens with one attached hydrogen (secondary N) is 5. The van der Waals surface area contributed by atoms with Gasteiger partial charge in [-0.15, -0.1) is 0 Å². The zero-order valence-electron chi connectivity index (χ0n) is 84.1. The molecule has 0 saturated heterocycles. The van der Waals surface area contributed by atoms with E-state index in [0.717, 1.165) is 84.3 Å². The Bertz CT molecular complexity index is 6230. The van der Waals surface area contributed by atoms with Crippen LogP contribution in [0, 0.1) is 0 Å². The lowest BCUT2D eigenvalue weighted by Crippen LogP contribution is -2.53. The first-order valence-corrected chi connectivity index (χ1v) is 50.6. The zero-order chi connectivity index (χ0) is 103. The van der Waals surface area contributed by atoms with E-state index in [1.54, 1.807) is 52.0 Å². The fraction of sp³-hybridized carbons (Fsp3) is 0.393. The first kappa shape index (κ1) is 109. The molecule has 0 radical (unpaired) electrons. The van der Waals surface area contributed by atoms with Crippen molar-refractivity contribution in [3.8, 4) is 0 Å². The van der Waals surface area contributed by atoms with E-state index in [2.05, 4.69) is 25.3 Å². The number of benzene rings is 8. The van der Waals surface area contributed by atoms with Crippen molar-refractivity contribution in [3.63, 3.8) is 0 Å². The maximum absolute atomic E-state index is 16.2. The molecule has 33 nitrogen and oxygen atoms in total. The summed E-state index contributed by atoms with van der Waals surface area (Å²) in [4.78, 5) is 213. The molecule has 0 bridgehead atoms. The molecule has 0 aliphatic carbocycles. The average molecular weight is 1980 g/mol. The lowest BCUT2D eigenvalue weighted by molar-refractivity contribution is -0.151. The van der Waals surface area contributed by atoms with Gasteiger partial charge in [0.05, 0.1) is 83.1 Å². The SMILES string of the molecule is C[C@@H](c1ccccc1)N(CC(N)=O)C(=O)CN(C(=O)CN(CCCCN)C(=O)CN(C(=O)CN(C(=O)CN(CCCCN)C(=O)CN(CCc1c[nH]c2ccccc12)C(=O)CN(CCc1c[nH]c2ccccc12)C(=O)CN(CCCCN)C(=O)CN(CCc1c[nH]c2ccccc12)C(=O)CN(CCc1c[nH]c2ccccc12)C(=O)CNCCCCN)[C@@H](C)c1ccccc1)[C@@H](C)c1ccccc1)[C@@H](C)c1ccccc1. The molecule has 4 atom stereocenters. The Kier molecular flexibility index (Phi) is 42.0. The third-order valence-corrected chi connectivity index (χ3v) is 27.3. The number of H-pyrrole nitrogens is 4. The molecule has 768 valence electrons. The molecule has 0 unspecified atom stereocenters. The highest BCUT2D eigenvalue weighted by atomic mass is 16.2. The number of fused-ring (bicyclic) bond motifs is 4. The third-order valence-electron chi connectivity index (χ3n) is 27.3. The predicted octanol–water partition coefficient (Wildman–Crippen LogP) is 10.1. The molecule has 145 heavy (non-hydrogen) atoms. The second-order valence-electron chi connectivity index (χ2n) is 37.2. The van der Waals surface area contributed by atoms with Crippen molar-refractivity contribution in [2.75, 3.05) is 157 Å². The minimum absolute atomic E-state index is 0.00982. The minimum Gasteiger partial charge on any atom is -0.368 e. The molecule has 4 aromatic heterocycles. The number of rotatable bonds is 60. The Hall–Kier alpha value is -14.6. The standard InChI is InChI=1S/C112H143N21O12/c1-81(85-33-9-5-10-34-85)130(70-101(117)134)111(144)79-132(83(3)87-37-13-7-14-38-87)110(143)77-125(60-32-28-56-116)108(141)78-131(82(2)86-35-11-6-12-36-86)112(145)80-133(84(4)88-39-15-8-16-40-88)109(142)76-124(59-31-27-55-115)104(137)74-128(63-51-91-67-121-99-47-23-19-43-95(91)99)107(140)75-129(64-52-92-68-122-100-48-24-20-44-96(92)100)105(138)71-123(58-30-26-54-114)103(136)73-127(62-50-90-66-120-98-46-22-18-42-94(90)98)106(139)72-126(102(135)69-118-57-29-25-53-113)61-49-89-65-119-97-45-21-17-41-93(89)97/h5-24,33-48,65-68,81-84,118-122H,25-32,49-64,69-80,113-116H2,1-4H3,(H2,117,134)/t81-,82-,83-,84-/m0/s1. The van der Waals surface area contributed by atoms with E-state index in [1.165, 1.54) is 53.9 Å². The molecule has 8 aromatic carbocycles. The Morgan fingerprint density at radius 1 is 0.248 bits per heavy atom. The fourth-order valence-electron chi connectivity index (χ4n) is 18.6. The van der Waals surface area contributed by atoms with Crippen molar-refractivity contribution >= 4 is 114 Å². The van der Waals surface area contributed by atoms with Gasteiger partial charge in [-0.2, -0.15) is 0 Å². The summed E-state index contributed by atoms with van der Waals surface area (Å²) in [5.41, 5.74) is 39.7. The van der Waals surface area contributed by atoms with E-state index in [9.17, 15) is 14.4 Å². The highest BCUT2D eigenvalue weighted by Crippen LogP contribution is 2.31. The van der Waals surface area contributed by atoms with Gasteiger partial charge in [-0.3, -0.25) is 57.5 Å². The first-order valence-electron chi connectivity index (χ1n) is 50.6. The smallest absolute Gasteiger partial charge is 0.243 e. The Labute approximate surface area is 848 Å². The van der Waals surface area contributed by atoms with Crippen molar-refractivity contribution in [3.05, 3.63) is 288 Å². The number of primary amides is 1. The number of amides is 12. The van der Waals surface area contributed by atoms with Crippen molar-refractivity contribution in [2.24, 2.45) is 28.7 Å². The predicted molar refractivity (Wildman–Crippen MR) is 566 cm³/mol. The van der Waals surface area contributed by atoms with Crippen LogP contribution >= 0.6 is 0 Å². The number of hydrogen-bond donors (Lipinski definition) is 10. The number of hydrogen-bond acceptors (Lipinski definition) is 17. The van der Waals surface area contributed by atoms with Crippen LogP contribution in [0.25, 0.3) is 43.6 Å². The number of nitrogens with zero attached hydrogens (tertiary/aromatic N) is 11. The number of carbonyl (C=O) groups is 12. The van der Waals surface area contributed by atoms with E-state index in [0.29, 0.717) is 81.1 Å². The second-order valence-corrected chi connectivity index (χ2v) is 37.2. The molecule has 12 rings (SSSR count). The number of aromatic nitrogens is 4. The molecule has 0 aliphatic rings. The van der Waals surface area contributed by atoms with Crippen LogP contribution in [0.2, 0.25) is 0 Å². The van der Waals surface area contributed by atoms with Crippen LogP contribution in [0.15, 0.2) is 243 Å². The van der Waals surface area contributed by atoms with Crippen molar-refractivity contribution in [2.45, 2.75) is 129 Å². The van der Waals surface area contributed by atoms with Crippen LogP contribution in [-0.2, 0) is 83.2 Å². The number of carbonyl (C=O) groups excluding carboxylic acids is 12. The van der Waals surface area contributed by atoms with Crippen molar-refractivity contribution < 1.29 is 57.5 Å². The molecule has 0 aliphatic heterocycles. The zero-order valence-corrected chi connectivity index (χ0v) is 84.1. The summed E-state index contributed by atoms with van der Waals surface area (Å²) in [6.45, 7) is 2.92. The second kappa shape index (κ2) is 55.8. The Morgan fingerprint density at radius 3 is 0.731 bits per heavy atom. The fourth-order valence-corrected chi connectivity index (χ4v) is 18.6. The van der Waals surface area contributed by atoms with Crippen LogP contribution in [0.1, 0.15) is 148 Å². The molecule has 12 aromatic rings. The Balaban J connectivity index is 0.838. The summed E-state index contributed by atoms with van der Waals surface area (Å²) in [7, 11) is 0. The van der Waals surface area contributed by atoms with Gasteiger partial charge in [0.25, 0.3) is 0 Å². The van der Waals surface area contributed by atoms with Gasteiger partial charge in [0.2, 0.25) is 70.9 Å². The molecule has 15 N–H and O–H groups in total. The number of aromatic amines is 4. The quantitative estimate of drug-likeness (QED) is 0.0158. The van der Waals surface area contributed by atoms with Gasteiger partial charge in [-0.25, -0.2) is 0 Å². The summed E-state index contributed by atoms with van der Waals surface area (Å²) >= 11 is 0. The molecule has 4 heterocycles. The molecule has 33 heteroatoms. The molecule has 12 amide bonds. The van der Waals surface area contributed by atoms with Gasteiger partial charge in [-0.1, -0.05) is 194 Å². The van der Waals surface area contributed by atoms with Gasteiger partial charge < -0.3 is 108 Å². The molecule has 0 fully saturated rings. The Morgan fingerprint density at radius 2 is 0.462 bits per heavy atom. The van der Waals surface area contributed by atoms with Crippen LogP contribution in [0.4, 0.5) is 0 Å². The number of nitrogens with two attached hydrogens (primary N) is 5. The highest BCUT2D eigenvalue weighted by molar-refractivity contribution is 5.97. The maximum Gasteiger partial charge on any atom is 0.243 e. The summed E-state index contributed by atoms with van der Waals surface area (Å²) < 4.78 is 0. The minimum atomic E-state index is -0.861. The number of unbranched alkanes of at least 4 members (excludes halogenated alkanes) is 4. The summed E-state index contributed by atoms with van der Waals surface area (Å²) in [5.74, 6) is -7.21. The summed E-state index contributed by atoms with van der Waals surface area (Å²) in [6.07, 6.45) is 12.5. The largest absolute Gasteiger partial charge is 0.368 e. The maximum atomic E-state index is 16.2. The monoisotopic (exact) mass is 1970 g/mol. The normalized spacial score (nSPS) is 12.2. The third kappa shape index (κ3) is 31.2. The highest BCUT2D eigenvalue weighted by Gasteiger charge is 2.38. The molecular formula is C112H143N21O12. The first-order chi connectivity index (χ1) is 70.3. The van der Waals surface area contributed by atoms with E-state index >= 15 is 43.2 Å². The van der Waals surface area contributed by atoms with Crippen molar-refractivity contribution in [1.82, 2.24) is 79.2 Å². The van der Waals surface area contributed by atoms with Gasteiger partial charge in [0.15, 0.2) is 0 Å². The topological polar surface area (TPSA) is 446 Å². The number of para-hydroxylation sites is 4. The van der Waals surface area contributed by atoms with E-state index in [4.69, 9.17) is 28.7 Å². The molecule has 0 saturated carbocycles. The lowest BCUT2D eigenvalue weighted by Gasteiger charge is -2.37. The van der Waals surface area contributed by atoms with Crippen LogP contribution in [0.3, 0.4) is 0 Å². The van der Waals surface area contributed by atoms with Crippen molar-refractivity contribution in [1.29, 1.82) is 0 Å². The molecular weight excluding hydrogens is 1830 g/mol. The van der Waals surface area contributed by atoms with Gasteiger partial charge >= 0.3 is 0 Å². The van der Waals surface area contributed by atoms with Gasteiger partial charge in [0.1, 0.15) is 19.6 Å². The summed E-state index contributed by atoms with van der Waals surface area (Å²) in [5, 5.41) is 6.91. The van der Waals surface area contributed by atoms with Crippen LogP contribution < -0.4 is 34.0 Å². The van der Waals surface area contributed by atoms with E-state index < -0.39 is 155 Å². The van der Waals surface area contributed by atoms with E-state index in [1.807, 2.05) is 219 Å². The molecule has 0 spiro atoms. The van der Waals surface area contributed by atoms with Crippen LogP contribution in [-0.4, -0.2) is 302 Å². The lowest BCUT2D eigenvalue weighted by atomic mass is 10.0. The average Bonchev–Trinajstić information content (AvgIpc) is 1.20. The van der Waals surface area contributed by atoms with Gasteiger partial charge in [-0.05, 0) is 206 Å².